The molecular weight excluding hydrogens is 124 g/mol. The van der Waals surface area contributed by atoms with Gasteiger partial charge in [0.05, 0.1) is 19.1 Å². The molecule has 0 amide bonds. The van der Waals surface area contributed by atoms with E-state index in [1.165, 1.54) is 0 Å². The first kappa shape index (κ1) is 6.51. The molecule has 1 rings (SSSR count). The third-order valence-electron chi connectivity index (χ3n) is 1.36. The maximum Gasteiger partial charge on any atom is 0.335 e. The van der Waals surface area contributed by atoms with Gasteiger partial charge in [-0.1, -0.05) is 0 Å². The number of carbonyl (C=O) groups is 1. The van der Waals surface area contributed by atoms with Crippen molar-refractivity contribution in [3.8, 4) is 0 Å². The van der Waals surface area contributed by atoms with E-state index in [2.05, 4.69) is 4.74 Å². The molecule has 0 aromatic rings. The number of rotatable bonds is 1. The molecule has 0 saturated carbocycles. The summed E-state index contributed by atoms with van der Waals surface area (Å²) in [5, 5.41) is 17.3. The highest BCUT2D eigenvalue weighted by Gasteiger charge is 2.34. The zero-order valence-electron chi connectivity index (χ0n) is 4.78. The van der Waals surface area contributed by atoms with Crippen LogP contribution in [0.2, 0.25) is 0 Å². The lowest BCUT2D eigenvalue weighted by Gasteiger charge is -2.02. The van der Waals surface area contributed by atoms with E-state index >= 15 is 0 Å². The average Bonchev–Trinajstić information content (AvgIpc) is 2.15. The van der Waals surface area contributed by atoms with E-state index < -0.39 is 18.0 Å². The number of carbonyl (C=O) groups excluding carboxylic acids is 1. The summed E-state index contributed by atoms with van der Waals surface area (Å²) in [6, 6.07) is 0. The van der Waals surface area contributed by atoms with Crippen molar-refractivity contribution >= 4 is 5.97 Å². The lowest BCUT2D eigenvalue weighted by molar-refractivity contribution is -0.144. The standard InChI is InChI=1S/C5H8O4/c6-1-3-2-9-5(8)4(3)7/h3-4,6-7H,1-2H2/t3-,4-/m0/s1. The minimum absolute atomic E-state index is 0.135. The Morgan fingerprint density at radius 2 is 2.44 bits per heavy atom. The predicted octanol–water partition coefficient (Wildman–Crippen LogP) is -1.49. The van der Waals surface area contributed by atoms with Crippen molar-refractivity contribution in [2.45, 2.75) is 6.10 Å². The van der Waals surface area contributed by atoms with Crippen molar-refractivity contribution in [3.05, 3.63) is 0 Å². The molecule has 52 valence electrons. The van der Waals surface area contributed by atoms with Crippen molar-refractivity contribution in [3.63, 3.8) is 0 Å². The van der Waals surface area contributed by atoms with Crippen molar-refractivity contribution in [2.75, 3.05) is 13.2 Å². The van der Waals surface area contributed by atoms with Gasteiger partial charge in [-0.2, -0.15) is 0 Å². The number of hydrogen-bond donors (Lipinski definition) is 2. The Labute approximate surface area is 52.1 Å². The molecule has 0 aliphatic carbocycles. The first-order chi connectivity index (χ1) is 4.25. The van der Waals surface area contributed by atoms with E-state index in [4.69, 9.17) is 10.2 Å². The second-order valence-electron chi connectivity index (χ2n) is 2.02. The first-order valence-electron chi connectivity index (χ1n) is 2.71. The van der Waals surface area contributed by atoms with Gasteiger partial charge in [0.2, 0.25) is 0 Å². The summed E-state index contributed by atoms with van der Waals surface area (Å²) in [4.78, 5) is 10.4. The quantitative estimate of drug-likeness (QED) is 0.427. The van der Waals surface area contributed by atoms with Crippen molar-refractivity contribution in [2.24, 2.45) is 5.92 Å². The van der Waals surface area contributed by atoms with Gasteiger partial charge in [-0.3, -0.25) is 0 Å². The van der Waals surface area contributed by atoms with E-state index in [-0.39, 0.29) is 13.2 Å². The van der Waals surface area contributed by atoms with Crippen LogP contribution in [0.25, 0.3) is 0 Å². The monoisotopic (exact) mass is 132 g/mol. The van der Waals surface area contributed by atoms with Crippen LogP contribution in [0.5, 0.6) is 0 Å². The fourth-order valence-corrected chi connectivity index (χ4v) is 0.711. The molecule has 1 aliphatic rings. The zero-order valence-corrected chi connectivity index (χ0v) is 4.78. The maximum absolute atomic E-state index is 10.4. The summed E-state index contributed by atoms with van der Waals surface area (Å²) in [6.07, 6.45) is -1.12. The Bertz CT molecular complexity index is 122. The Morgan fingerprint density at radius 3 is 2.67 bits per heavy atom. The first-order valence-corrected chi connectivity index (χ1v) is 2.71. The Balaban J connectivity index is 2.51. The summed E-state index contributed by atoms with van der Waals surface area (Å²) in [6.45, 7) is -0.0661. The molecule has 0 aromatic heterocycles. The molecule has 0 bridgehead atoms. The largest absolute Gasteiger partial charge is 0.463 e. The lowest BCUT2D eigenvalue weighted by atomic mass is 10.1. The van der Waals surface area contributed by atoms with Crippen molar-refractivity contribution in [1.29, 1.82) is 0 Å². The van der Waals surface area contributed by atoms with Crippen molar-refractivity contribution in [1.82, 2.24) is 0 Å². The molecule has 4 nitrogen and oxygen atoms in total. The van der Waals surface area contributed by atoms with Gasteiger partial charge in [0.15, 0.2) is 6.10 Å². The highest BCUT2D eigenvalue weighted by Crippen LogP contribution is 2.13. The molecule has 2 atom stereocenters. The number of ether oxygens (including phenoxy) is 1. The Kier molecular flexibility index (Phi) is 1.68. The molecule has 2 N–H and O–H groups in total. The van der Waals surface area contributed by atoms with Gasteiger partial charge < -0.3 is 14.9 Å². The van der Waals surface area contributed by atoms with Gasteiger partial charge in [0.1, 0.15) is 0 Å². The zero-order chi connectivity index (χ0) is 6.85. The van der Waals surface area contributed by atoms with E-state index in [9.17, 15) is 4.79 Å². The summed E-state index contributed by atoms with van der Waals surface area (Å²) in [5.41, 5.74) is 0. The van der Waals surface area contributed by atoms with Crippen LogP contribution in [0.4, 0.5) is 0 Å². The summed E-state index contributed by atoms with van der Waals surface area (Å²) in [5.74, 6) is -1.05. The molecule has 9 heavy (non-hydrogen) atoms. The number of cyclic esters (lactones) is 1. The normalized spacial score (nSPS) is 34.7. The van der Waals surface area contributed by atoms with Crippen LogP contribution in [0, 0.1) is 5.92 Å². The van der Waals surface area contributed by atoms with Crippen LogP contribution in [0.1, 0.15) is 0 Å². The average molecular weight is 132 g/mol. The van der Waals surface area contributed by atoms with Gasteiger partial charge >= 0.3 is 5.97 Å². The SMILES string of the molecule is O=C1OC[C@H](CO)[C@@H]1O. The second kappa shape index (κ2) is 2.33. The van der Waals surface area contributed by atoms with Crippen LogP contribution >= 0.6 is 0 Å². The van der Waals surface area contributed by atoms with Gasteiger partial charge in [-0.05, 0) is 0 Å². The summed E-state index contributed by atoms with van der Waals surface area (Å²) < 4.78 is 4.42. The molecule has 1 aliphatic heterocycles. The topological polar surface area (TPSA) is 66.8 Å². The Hall–Kier alpha value is -0.610. The highest BCUT2D eigenvalue weighted by molar-refractivity contribution is 5.76. The van der Waals surface area contributed by atoms with Crippen LogP contribution < -0.4 is 0 Å². The minimum atomic E-state index is -1.12. The number of aliphatic hydroxyl groups is 2. The van der Waals surface area contributed by atoms with E-state index in [0.29, 0.717) is 0 Å². The number of aliphatic hydroxyl groups excluding tert-OH is 2. The maximum atomic E-state index is 10.4. The third kappa shape index (κ3) is 1.04. The van der Waals surface area contributed by atoms with Crippen LogP contribution in [-0.4, -0.2) is 35.5 Å². The third-order valence-corrected chi connectivity index (χ3v) is 1.36. The molecule has 1 saturated heterocycles. The van der Waals surface area contributed by atoms with Gasteiger partial charge in [-0.25, -0.2) is 4.79 Å². The van der Waals surface area contributed by atoms with Gasteiger partial charge in [0, 0.05) is 0 Å². The molecule has 0 spiro atoms. The lowest BCUT2D eigenvalue weighted by Crippen LogP contribution is -2.24. The minimum Gasteiger partial charge on any atom is -0.463 e. The molecule has 0 unspecified atom stereocenters. The summed E-state index contributed by atoms with van der Waals surface area (Å²) >= 11 is 0. The number of esters is 1. The van der Waals surface area contributed by atoms with Crippen LogP contribution in [0.15, 0.2) is 0 Å². The fraction of sp³-hybridized carbons (Fsp3) is 0.800. The molecule has 0 aromatic carbocycles. The van der Waals surface area contributed by atoms with E-state index in [0.717, 1.165) is 0 Å². The van der Waals surface area contributed by atoms with E-state index in [1.54, 1.807) is 0 Å². The van der Waals surface area contributed by atoms with Crippen molar-refractivity contribution < 1.29 is 19.7 Å². The van der Waals surface area contributed by atoms with Crippen LogP contribution in [0.3, 0.4) is 0 Å². The van der Waals surface area contributed by atoms with Gasteiger partial charge in [-0.15, -0.1) is 0 Å². The smallest absolute Gasteiger partial charge is 0.335 e. The second-order valence-corrected chi connectivity index (χ2v) is 2.02. The number of hydrogen-bond acceptors (Lipinski definition) is 4. The van der Waals surface area contributed by atoms with Crippen LogP contribution in [-0.2, 0) is 9.53 Å². The molecular formula is C5H8O4. The molecule has 1 fully saturated rings. The molecule has 0 radical (unpaired) electrons. The molecule has 1 heterocycles. The molecule has 4 heteroatoms. The summed E-state index contributed by atoms with van der Waals surface area (Å²) in [7, 11) is 0. The highest BCUT2D eigenvalue weighted by atomic mass is 16.6. The van der Waals surface area contributed by atoms with E-state index in [1.807, 2.05) is 0 Å². The fourth-order valence-electron chi connectivity index (χ4n) is 0.711. The van der Waals surface area contributed by atoms with Gasteiger partial charge in [0.25, 0.3) is 0 Å². The predicted molar refractivity (Wildman–Crippen MR) is 27.5 cm³/mol. The Morgan fingerprint density at radius 1 is 1.78 bits per heavy atom.